The minimum atomic E-state index is 0.188. The third-order valence-corrected chi connectivity index (χ3v) is 3.78. The molecule has 0 spiro atoms. The van der Waals surface area contributed by atoms with Crippen LogP contribution in [0, 0.1) is 0 Å². The van der Waals surface area contributed by atoms with Gasteiger partial charge in [0.15, 0.2) is 0 Å². The molecular formula is C12H17N2OS+. The number of hydrogen-bond acceptors (Lipinski definition) is 2. The zero-order valence-electron chi connectivity index (χ0n) is 9.32. The van der Waals surface area contributed by atoms with Crippen molar-refractivity contribution in [3.63, 3.8) is 0 Å². The van der Waals surface area contributed by atoms with Gasteiger partial charge >= 0.3 is 0 Å². The Morgan fingerprint density at radius 2 is 2.31 bits per heavy atom. The van der Waals surface area contributed by atoms with Gasteiger partial charge in [-0.05, 0) is 17.5 Å². The Labute approximate surface area is 100.0 Å². The molecule has 3 nitrogen and oxygen atoms in total. The van der Waals surface area contributed by atoms with E-state index in [1.54, 1.807) is 0 Å². The number of amides is 1. The van der Waals surface area contributed by atoms with E-state index in [-0.39, 0.29) is 5.91 Å². The van der Waals surface area contributed by atoms with Crippen LogP contribution in [0.3, 0.4) is 0 Å². The number of piperazine rings is 1. The number of quaternary nitrogens is 1. The molecule has 16 heavy (non-hydrogen) atoms. The number of nitrogens with one attached hydrogen (secondary N) is 1. The summed E-state index contributed by atoms with van der Waals surface area (Å²) in [5, 5.41) is 1.95. The molecule has 1 aliphatic heterocycles. The van der Waals surface area contributed by atoms with Crippen molar-refractivity contribution in [2.24, 2.45) is 0 Å². The van der Waals surface area contributed by atoms with E-state index in [1.165, 1.54) is 16.2 Å². The maximum absolute atomic E-state index is 12.0. The maximum Gasteiger partial charge on any atom is 0.264 e. The molecule has 1 N–H and O–H groups in total. The van der Waals surface area contributed by atoms with E-state index in [4.69, 9.17) is 0 Å². The predicted molar refractivity (Wildman–Crippen MR) is 66.0 cm³/mol. The monoisotopic (exact) mass is 237 g/mol. The van der Waals surface area contributed by atoms with Gasteiger partial charge < -0.3 is 9.80 Å². The van der Waals surface area contributed by atoms with Crippen molar-refractivity contribution in [2.45, 2.75) is 0 Å². The van der Waals surface area contributed by atoms with Gasteiger partial charge in [-0.1, -0.05) is 12.6 Å². The number of rotatable bonds is 3. The number of thiophene rings is 1. The van der Waals surface area contributed by atoms with Gasteiger partial charge in [0.25, 0.3) is 5.91 Å². The summed E-state index contributed by atoms with van der Waals surface area (Å²) in [6.07, 6.45) is 1.95. The van der Waals surface area contributed by atoms with Crippen LogP contribution in [0.5, 0.6) is 0 Å². The molecule has 4 heteroatoms. The molecule has 0 bridgehead atoms. The minimum absolute atomic E-state index is 0.188. The fourth-order valence-corrected chi connectivity index (χ4v) is 2.68. The molecule has 1 aromatic rings. The Kier molecular flexibility index (Phi) is 3.74. The van der Waals surface area contributed by atoms with Crippen LogP contribution in [0.2, 0.25) is 0 Å². The van der Waals surface area contributed by atoms with E-state index in [0.717, 1.165) is 37.6 Å². The quantitative estimate of drug-likeness (QED) is 0.750. The number of nitrogens with zero attached hydrogens (tertiary/aromatic N) is 1. The lowest BCUT2D eigenvalue weighted by Gasteiger charge is -2.31. The lowest BCUT2D eigenvalue weighted by molar-refractivity contribution is -0.898. The second kappa shape index (κ2) is 5.27. The van der Waals surface area contributed by atoms with Gasteiger partial charge in [0.05, 0.1) is 37.6 Å². The van der Waals surface area contributed by atoms with Gasteiger partial charge in [-0.2, -0.15) is 0 Å². The molecular weight excluding hydrogens is 220 g/mol. The molecule has 0 saturated carbocycles. The standard InChI is InChI=1S/C12H16N2OS/c1-2-5-13-6-8-14(9-7-13)12(15)11-4-3-10-16-11/h2-4,10H,1,5-9H2/p+1. The van der Waals surface area contributed by atoms with E-state index in [1.807, 2.05) is 28.5 Å². The van der Waals surface area contributed by atoms with Gasteiger partial charge in [-0.15, -0.1) is 11.3 Å². The summed E-state index contributed by atoms with van der Waals surface area (Å²) in [4.78, 5) is 16.4. The smallest absolute Gasteiger partial charge is 0.264 e. The zero-order chi connectivity index (χ0) is 11.4. The first-order valence-corrected chi connectivity index (χ1v) is 6.46. The first-order valence-electron chi connectivity index (χ1n) is 5.58. The topological polar surface area (TPSA) is 24.8 Å². The summed E-state index contributed by atoms with van der Waals surface area (Å²) in [7, 11) is 0. The molecule has 0 aromatic carbocycles. The lowest BCUT2D eigenvalue weighted by Crippen LogP contribution is -3.14. The highest BCUT2D eigenvalue weighted by Gasteiger charge is 2.23. The summed E-state index contributed by atoms with van der Waals surface area (Å²) in [6, 6.07) is 3.83. The SMILES string of the molecule is C=CC[NH+]1CCN(C(=O)c2cccs2)CC1. The van der Waals surface area contributed by atoms with E-state index in [9.17, 15) is 4.79 Å². The second-order valence-corrected chi connectivity index (χ2v) is 4.96. The first-order chi connectivity index (χ1) is 7.81. The number of carbonyl (C=O) groups excluding carboxylic acids is 1. The van der Waals surface area contributed by atoms with Crippen molar-refractivity contribution in [2.75, 3.05) is 32.7 Å². The van der Waals surface area contributed by atoms with Crippen molar-refractivity contribution in [3.05, 3.63) is 35.0 Å². The Bertz CT molecular complexity index is 353. The fraction of sp³-hybridized carbons (Fsp3) is 0.417. The average molecular weight is 237 g/mol. The van der Waals surface area contributed by atoms with Crippen LogP contribution in [0.4, 0.5) is 0 Å². The molecule has 1 fully saturated rings. The first kappa shape index (κ1) is 11.4. The molecule has 0 aliphatic carbocycles. The Morgan fingerprint density at radius 1 is 1.56 bits per heavy atom. The summed E-state index contributed by atoms with van der Waals surface area (Å²) < 4.78 is 0. The lowest BCUT2D eigenvalue weighted by atomic mass is 10.3. The highest BCUT2D eigenvalue weighted by atomic mass is 32.1. The zero-order valence-corrected chi connectivity index (χ0v) is 10.1. The summed E-state index contributed by atoms with van der Waals surface area (Å²) in [5.74, 6) is 0.188. The highest BCUT2D eigenvalue weighted by Crippen LogP contribution is 2.11. The van der Waals surface area contributed by atoms with Crippen molar-refractivity contribution < 1.29 is 9.69 Å². The molecule has 2 rings (SSSR count). The summed E-state index contributed by atoms with van der Waals surface area (Å²) in [5.41, 5.74) is 0. The van der Waals surface area contributed by atoms with Crippen LogP contribution >= 0.6 is 11.3 Å². The third-order valence-electron chi connectivity index (χ3n) is 2.92. The fourth-order valence-electron chi connectivity index (χ4n) is 1.99. The van der Waals surface area contributed by atoms with E-state index in [2.05, 4.69) is 6.58 Å². The van der Waals surface area contributed by atoms with E-state index in [0.29, 0.717) is 0 Å². The van der Waals surface area contributed by atoms with Crippen molar-refractivity contribution in [3.8, 4) is 0 Å². The van der Waals surface area contributed by atoms with Crippen LogP contribution in [0.25, 0.3) is 0 Å². The Morgan fingerprint density at radius 3 is 2.88 bits per heavy atom. The molecule has 1 aromatic heterocycles. The molecule has 86 valence electrons. The molecule has 0 radical (unpaired) electrons. The highest BCUT2D eigenvalue weighted by molar-refractivity contribution is 7.12. The van der Waals surface area contributed by atoms with Crippen LogP contribution < -0.4 is 4.90 Å². The second-order valence-electron chi connectivity index (χ2n) is 4.01. The number of carbonyl (C=O) groups is 1. The molecule has 2 heterocycles. The Balaban J connectivity index is 1.89. The Hall–Kier alpha value is -1.13. The number of hydrogen-bond donors (Lipinski definition) is 1. The van der Waals surface area contributed by atoms with Gasteiger partial charge in [0.1, 0.15) is 0 Å². The average Bonchev–Trinajstić information content (AvgIpc) is 2.83. The van der Waals surface area contributed by atoms with Crippen LogP contribution in [0.15, 0.2) is 30.2 Å². The van der Waals surface area contributed by atoms with Crippen LogP contribution in [-0.4, -0.2) is 43.5 Å². The predicted octanol–water partition coefficient (Wildman–Crippen LogP) is 0.275. The van der Waals surface area contributed by atoms with E-state index < -0.39 is 0 Å². The van der Waals surface area contributed by atoms with Crippen LogP contribution in [-0.2, 0) is 0 Å². The summed E-state index contributed by atoms with van der Waals surface area (Å²) >= 11 is 1.52. The van der Waals surface area contributed by atoms with Crippen molar-refractivity contribution in [1.82, 2.24) is 4.90 Å². The minimum Gasteiger partial charge on any atom is -0.329 e. The molecule has 1 aliphatic rings. The van der Waals surface area contributed by atoms with Crippen molar-refractivity contribution in [1.29, 1.82) is 0 Å². The molecule has 1 amide bonds. The van der Waals surface area contributed by atoms with Gasteiger partial charge in [0.2, 0.25) is 0 Å². The molecule has 0 atom stereocenters. The van der Waals surface area contributed by atoms with Gasteiger partial charge in [-0.25, -0.2) is 0 Å². The molecule has 0 unspecified atom stereocenters. The van der Waals surface area contributed by atoms with Gasteiger partial charge in [0, 0.05) is 0 Å². The molecule has 1 saturated heterocycles. The maximum atomic E-state index is 12.0. The summed E-state index contributed by atoms with van der Waals surface area (Å²) in [6.45, 7) is 8.53. The normalized spacial score (nSPS) is 17.4. The van der Waals surface area contributed by atoms with Crippen molar-refractivity contribution >= 4 is 17.2 Å². The third kappa shape index (κ3) is 2.51. The van der Waals surface area contributed by atoms with Gasteiger partial charge in [-0.3, -0.25) is 4.79 Å². The largest absolute Gasteiger partial charge is 0.329 e. The van der Waals surface area contributed by atoms with Crippen LogP contribution in [0.1, 0.15) is 9.67 Å². The van der Waals surface area contributed by atoms with E-state index >= 15 is 0 Å².